The van der Waals surface area contributed by atoms with Crippen molar-refractivity contribution in [3.8, 4) is 0 Å². The molecule has 0 aromatic carbocycles. The van der Waals surface area contributed by atoms with Gasteiger partial charge in [-0.2, -0.15) is 0 Å². The number of nitrogens with zero attached hydrogens (tertiary/aromatic N) is 2. The molecule has 0 saturated heterocycles. The number of pyridine rings is 2. The normalized spacial score (nSPS) is 10.3. The lowest BCUT2D eigenvalue weighted by Crippen LogP contribution is -2.17. The van der Waals surface area contributed by atoms with Crippen LogP contribution in [0, 0.1) is 6.92 Å². The highest BCUT2D eigenvalue weighted by Crippen LogP contribution is 2.27. The number of anilines is 2. The van der Waals surface area contributed by atoms with Gasteiger partial charge in [0.1, 0.15) is 5.15 Å². The Kier molecular flexibility index (Phi) is 3.87. The summed E-state index contributed by atoms with van der Waals surface area (Å²) >= 11 is 11.7. The Hall–Kier alpha value is -1.85. The van der Waals surface area contributed by atoms with Gasteiger partial charge in [0.15, 0.2) is 10.8 Å². The van der Waals surface area contributed by atoms with Crippen LogP contribution in [0.25, 0.3) is 0 Å². The van der Waals surface area contributed by atoms with Crippen molar-refractivity contribution in [1.82, 2.24) is 9.97 Å². The number of amides is 1. The van der Waals surface area contributed by atoms with Gasteiger partial charge >= 0.3 is 0 Å². The van der Waals surface area contributed by atoms with Crippen molar-refractivity contribution < 1.29 is 4.79 Å². The zero-order valence-electron chi connectivity index (χ0n) is 9.95. The van der Waals surface area contributed by atoms with E-state index >= 15 is 0 Å². The lowest BCUT2D eigenvalue weighted by molar-refractivity contribution is 0.102. The topological polar surface area (TPSA) is 80.9 Å². The number of halogens is 2. The molecule has 2 rings (SSSR count). The number of aromatic nitrogens is 2. The molecule has 3 N–H and O–H groups in total. The van der Waals surface area contributed by atoms with Crippen LogP contribution >= 0.6 is 23.2 Å². The number of nitrogens with one attached hydrogen (secondary N) is 1. The molecule has 19 heavy (non-hydrogen) atoms. The maximum Gasteiger partial charge on any atom is 0.276 e. The molecule has 0 fully saturated rings. The molecule has 98 valence electrons. The average molecular weight is 297 g/mol. The van der Waals surface area contributed by atoms with E-state index in [9.17, 15) is 4.79 Å². The van der Waals surface area contributed by atoms with Gasteiger partial charge in [-0.25, -0.2) is 9.97 Å². The van der Waals surface area contributed by atoms with Crippen molar-refractivity contribution in [3.63, 3.8) is 0 Å². The van der Waals surface area contributed by atoms with Crippen molar-refractivity contribution >= 4 is 40.5 Å². The molecule has 0 bridgehead atoms. The van der Waals surface area contributed by atoms with Crippen LogP contribution in [-0.2, 0) is 0 Å². The lowest BCUT2D eigenvalue weighted by atomic mass is 10.2. The fourth-order valence-corrected chi connectivity index (χ4v) is 2.10. The predicted octanol–water partition coefficient (Wildman–Crippen LogP) is 2.93. The molecule has 0 aliphatic rings. The van der Waals surface area contributed by atoms with Crippen LogP contribution in [0.1, 0.15) is 16.1 Å². The van der Waals surface area contributed by atoms with Gasteiger partial charge in [0.25, 0.3) is 5.91 Å². The molecule has 2 heterocycles. The first-order chi connectivity index (χ1) is 8.99. The minimum atomic E-state index is -0.452. The van der Waals surface area contributed by atoms with Crippen molar-refractivity contribution in [2.45, 2.75) is 6.92 Å². The molecule has 5 nitrogen and oxygen atoms in total. The summed E-state index contributed by atoms with van der Waals surface area (Å²) in [5.74, 6) is -0.452. The first kappa shape index (κ1) is 13.6. The summed E-state index contributed by atoms with van der Waals surface area (Å²) in [7, 11) is 0. The van der Waals surface area contributed by atoms with Gasteiger partial charge in [0.2, 0.25) is 0 Å². The largest absolute Gasteiger partial charge is 0.397 e. The van der Waals surface area contributed by atoms with E-state index in [0.29, 0.717) is 11.3 Å². The van der Waals surface area contributed by atoms with E-state index in [1.807, 2.05) is 0 Å². The van der Waals surface area contributed by atoms with Gasteiger partial charge < -0.3 is 11.1 Å². The van der Waals surface area contributed by atoms with Gasteiger partial charge in [-0.15, -0.1) is 0 Å². The predicted molar refractivity (Wildman–Crippen MR) is 75.6 cm³/mol. The molecular weight excluding hydrogens is 287 g/mol. The van der Waals surface area contributed by atoms with Crippen LogP contribution in [0.2, 0.25) is 10.3 Å². The summed E-state index contributed by atoms with van der Waals surface area (Å²) in [6, 6.07) is 4.84. The first-order valence-corrected chi connectivity index (χ1v) is 6.09. The molecule has 0 aliphatic carbocycles. The number of hydrogen-bond donors (Lipinski definition) is 2. The average Bonchev–Trinajstić information content (AvgIpc) is 2.34. The molecule has 0 unspecified atom stereocenters. The standard InChI is InChI=1S/C12H10Cl2N4O/c1-6-5-8(13)17-11(14)9(6)18-12(19)10-7(15)3-2-4-16-10/h2-5H,15H2,1H3,(H,18,19). The van der Waals surface area contributed by atoms with Gasteiger partial charge in [-0.3, -0.25) is 4.79 Å². The summed E-state index contributed by atoms with van der Waals surface area (Å²) in [6.07, 6.45) is 1.49. The Morgan fingerprint density at radius 2 is 2.16 bits per heavy atom. The molecule has 2 aromatic rings. The zero-order chi connectivity index (χ0) is 14.0. The third-order valence-electron chi connectivity index (χ3n) is 2.43. The number of nitrogen functional groups attached to an aromatic ring is 1. The number of nitrogens with two attached hydrogens (primary N) is 1. The van der Waals surface area contributed by atoms with Crippen LogP contribution < -0.4 is 11.1 Å². The van der Waals surface area contributed by atoms with Gasteiger partial charge in [-0.05, 0) is 30.7 Å². The maximum atomic E-state index is 12.1. The third kappa shape index (κ3) is 2.94. The van der Waals surface area contributed by atoms with E-state index in [1.165, 1.54) is 6.20 Å². The van der Waals surface area contributed by atoms with Gasteiger partial charge in [0, 0.05) is 6.20 Å². The SMILES string of the molecule is Cc1cc(Cl)nc(Cl)c1NC(=O)c1ncccc1N. The van der Waals surface area contributed by atoms with Crippen LogP contribution in [0.4, 0.5) is 11.4 Å². The summed E-state index contributed by atoms with van der Waals surface area (Å²) in [4.78, 5) is 19.8. The molecule has 2 aromatic heterocycles. The summed E-state index contributed by atoms with van der Waals surface area (Å²) < 4.78 is 0. The molecule has 1 amide bonds. The zero-order valence-corrected chi connectivity index (χ0v) is 11.5. The second-order valence-electron chi connectivity index (χ2n) is 3.82. The van der Waals surface area contributed by atoms with Crippen molar-refractivity contribution in [3.05, 3.63) is 46.0 Å². The van der Waals surface area contributed by atoms with E-state index in [2.05, 4.69) is 15.3 Å². The number of hydrogen-bond acceptors (Lipinski definition) is 4. The highest BCUT2D eigenvalue weighted by Gasteiger charge is 2.15. The van der Waals surface area contributed by atoms with Crippen molar-refractivity contribution in [2.75, 3.05) is 11.1 Å². The van der Waals surface area contributed by atoms with E-state index < -0.39 is 5.91 Å². The molecule has 0 spiro atoms. The van der Waals surface area contributed by atoms with Crippen molar-refractivity contribution in [2.24, 2.45) is 0 Å². The molecule has 0 atom stereocenters. The number of carbonyl (C=O) groups excluding carboxylic acids is 1. The highest BCUT2D eigenvalue weighted by molar-refractivity contribution is 6.35. The van der Waals surface area contributed by atoms with Crippen LogP contribution in [0.15, 0.2) is 24.4 Å². The van der Waals surface area contributed by atoms with E-state index in [-0.39, 0.29) is 21.7 Å². The van der Waals surface area contributed by atoms with Crippen molar-refractivity contribution in [1.29, 1.82) is 0 Å². The summed E-state index contributed by atoms with van der Waals surface area (Å²) in [5, 5.41) is 3.01. The minimum Gasteiger partial charge on any atom is -0.397 e. The number of rotatable bonds is 2. The van der Waals surface area contributed by atoms with Crippen LogP contribution in [0.3, 0.4) is 0 Å². The Balaban J connectivity index is 2.32. The van der Waals surface area contributed by atoms with E-state index in [0.717, 1.165) is 0 Å². The lowest BCUT2D eigenvalue weighted by Gasteiger charge is -2.10. The summed E-state index contributed by atoms with van der Waals surface area (Å²) in [6.45, 7) is 1.76. The Labute approximate surface area is 119 Å². The number of aryl methyl sites for hydroxylation is 1. The minimum absolute atomic E-state index is 0.118. The first-order valence-electron chi connectivity index (χ1n) is 5.33. The molecule has 7 heteroatoms. The van der Waals surface area contributed by atoms with Gasteiger partial charge in [0.05, 0.1) is 11.4 Å². The quantitative estimate of drug-likeness (QED) is 0.835. The fourth-order valence-electron chi connectivity index (χ4n) is 1.53. The van der Waals surface area contributed by atoms with E-state index in [1.54, 1.807) is 25.1 Å². The summed E-state index contributed by atoms with van der Waals surface area (Å²) in [5.41, 5.74) is 7.19. The highest BCUT2D eigenvalue weighted by atomic mass is 35.5. The maximum absolute atomic E-state index is 12.1. The fraction of sp³-hybridized carbons (Fsp3) is 0.0833. The van der Waals surface area contributed by atoms with Crippen LogP contribution in [0.5, 0.6) is 0 Å². The second-order valence-corrected chi connectivity index (χ2v) is 4.57. The third-order valence-corrected chi connectivity index (χ3v) is 2.90. The van der Waals surface area contributed by atoms with Gasteiger partial charge in [-0.1, -0.05) is 23.2 Å². The Morgan fingerprint density at radius 3 is 2.79 bits per heavy atom. The monoisotopic (exact) mass is 296 g/mol. The number of carbonyl (C=O) groups is 1. The molecule has 0 saturated carbocycles. The Morgan fingerprint density at radius 1 is 1.42 bits per heavy atom. The molecule has 0 aliphatic heterocycles. The molecule has 0 radical (unpaired) electrons. The van der Waals surface area contributed by atoms with E-state index in [4.69, 9.17) is 28.9 Å². The van der Waals surface area contributed by atoms with Crippen LogP contribution in [-0.4, -0.2) is 15.9 Å². The Bertz CT molecular complexity index is 622. The molecular formula is C12H10Cl2N4O. The smallest absolute Gasteiger partial charge is 0.276 e. The second kappa shape index (κ2) is 5.42.